The molecule has 0 radical (unpaired) electrons. The summed E-state index contributed by atoms with van der Waals surface area (Å²) in [6.45, 7) is 2.13. The van der Waals surface area contributed by atoms with Crippen molar-refractivity contribution in [3.8, 4) is 0 Å². The van der Waals surface area contributed by atoms with Crippen molar-refractivity contribution in [1.29, 1.82) is 0 Å². The minimum Gasteiger partial charge on any atom is -0.0835 e. The van der Waals surface area contributed by atoms with Crippen molar-refractivity contribution in [3.63, 3.8) is 0 Å². The highest BCUT2D eigenvalue weighted by Crippen LogP contribution is 2.27. The first-order valence-corrected chi connectivity index (χ1v) is 7.31. The molecular weight excluding hydrogens is 340 g/mol. The fourth-order valence-electron chi connectivity index (χ4n) is 1.81. The number of rotatable bonds is 3. The molecule has 0 bridgehead atoms. The zero-order valence-electron chi connectivity index (χ0n) is 9.66. The predicted octanol–water partition coefficient (Wildman–Crippen LogP) is 5.44. The van der Waals surface area contributed by atoms with Gasteiger partial charge in [-0.25, -0.2) is 0 Å². The van der Waals surface area contributed by atoms with Crippen LogP contribution in [-0.2, 0) is 6.42 Å². The van der Waals surface area contributed by atoms with E-state index in [0.29, 0.717) is 4.83 Å². The largest absolute Gasteiger partial charge is 0.0835 e. The molecule has 0 nitrogen and oxygen atoms in total. The van der Waals surface area contributed by atoms with Gasteiger partial charge in [-0.3, -0.25) is 0 Å². The van der Waals surface area contributed by atoms with E-state index < -0.39 is 0 Å². The number of halogens is 2. The Kier molecular flexibility index (Phi) is 4.41. The smallest absolute Gasteiger partial charge is 0.0435 e. The topological polar surface area (TPSA) is 0 Å². The summed E-state index contributed by atoms with van der Waals surface area (Å²) in [6, 6.07) is 17.1. The second-order valence-corrected chi connectivity index (χ2v) is 6.23. The van der Waals surface area contributed by atoms with Gasteiger partial charge < -0.3 is 0 Å². The first-order valence-electron chi connectivity index (χ1n) is 5.60. The van der Waals surface area contributed by atoms with Gasteiger partial charge in [0, 0.05) is 9.30 Å². The van der Waals surface area contributed by atoms with Gasteiger partial charge in [0.25, 0.3) is 0 Å². The quantitative estimate of drug-likeness (QED) is 0.645. The maximum Gasteiger partial charge on any atom is 0.0435 e. The zero-order chi connectivity index (χ0) is 12.3. The molecule has 2 aromatic carbocycles. The zero-order valence-corrected chi connectivity index (χ0v) is 12.8. The minimum absolute atomic E-state index is 0.378. The van der Waals surface area contributed by atoms with E-state index in [9.17, 15) is 0 Å². The Hall–Kier alpha value is -0.600. The summed E-state index contributed by atoms with van der Waals surface area (Å²) in [7, 11) is 0. The van der Waals surface area contributed by atoms with Crippen LogP contribution >= 0.6 is 31.9 Å². The Morgan fingerprint density at radius 2 is 1.76 bits per heavy atom. The van der Waals surface area contributed by atoms with E-state index in [1.54, 1.807) is 0 Å². The molecule has 0 heterocycles. The number of hydrogen-bond acceptors (Lipinski definition) is 0. The minimum atomic E-state index is 0.378. The van der Waals surface area contributed by atoms with Gasteiger partial charge in [-0.1, -0.05) is 73.8 Å². The molecule has 0 saturated carbocycles. The van der Waals surface area contributed by atoms with Crippen molar-refractivity contribution in [3.05, 3.63) is 69.7 Å². The van der Waals surface area contributed by atoms with Crippen LogP contribution < -0.4 is 0 Å². The maximum atomic E-state index is 3.76. The highest BCUT2D eigenvalue weighted by molar-refractivity contribution is 9.10. The summed E-state index contributed by atoms with van der Waals surface area (Å²) >= 11 is 7.22. The van der Waals surface area contributed by atoms with Crippen LogP contribution in [0.25, 0.3) is 0 Å². The van der Waals surface area contributed by atoms with E-state index in [1.807, 2.05) is 0 Å². The summed E-state index contributed by atoms with van der Waals surface area (Å²) in [6.07, 6.45) is 1.01. The lowest BCUT2D eigenvalue weighted by molar-refractivity contribution is 0.946. The van der Waals surface area contributed by atoms with E-state index in [2.05, 4.69) is 87.3 Å². The van der Waals surface area contributed by atoms with Crippen LogP contribution in [0.1, 0.15) is 21.5 Å². The molecule has 2 aromatic rings. The molecule has 1 unspecified atom stereocenters. The highest BCUT2D eigenvalue weighted by atomic mass is 79.9. The second kappa shape index (κ2) is 5.83. The fraction of sp³-hybridized carbons (Fsp3) is 0.200. The molecule has 88 valence electrons. The molecule has 0 aromatic heterocycles. The lowest BCUT2D eigenvalue weighted by Crippen LogP contribution is -1.95. The van der Waals surface area contributed by atoms with Gasteiger partial charge in [-0.05, 0) is 36.6 Å². The number of hydrogen-bond donors (Lipinski definition) is 0. The lowest BCUT2D eigenvalue weighted by Gasteiger charge is -2.11. The summed E-state index contributed by atoms with van der Waals surface area (Å²) in [5.74, 6) is 0. The maximum absolute atomic E-state index is 3.76. The molecule has 2 heteroatoms. The Morgan fingerprint density at radius 1 is 1.06 bits per heavy atom. The van der Waals surface area contributed by atoms with Gasteiger partial charge in [0.1, 0.15) is 0 Å². The average molecular weight is 354 g/mol. The van der Waals surface area contributed by atoms with Crippen molar-refractivity contribution >= 4 is 31.9 Å². The highest BCUT2D eigenvalue weighted by Gasteiger charge is 2.08. The van der Waals surface area contributed by atoms with Crippen LogP contribution in [0.5, 0.6) is 0 Å². The van der Waals surface area contributed by atoms with Gasteiger partial charge >= 0.3 is 0 Å². The SMILES string of the molecule is Cc1cccc(C(Br)Cc2ccc(Br)cc2)c1. The summed E-state index contributed by atoms with van der Waals surface area (Å²) in [5.41, 5.74) is 3.99. The fourth-order valence-corrected chi connectivity index (χ4v) is 2.73. The molecule has 0 N–H and O–H groups in total. The van der Waals surface area contributed by atoms with Crippen molar-refractivity contribution in [2.75, 3.05) is 0 Å². The Morgan fingerprint density at radius 3 is 2.41 bits per heavy atom. The number of benzene rings is 2. The van der Waals surface area contributed by atoms with Crippen molar-refractivity contribution < 1.29 is 0 Å². The molecule has 1 atom stereocenters. The van der Waals surface area contributed by atoms with Gasteiger partial charge in [0.15, 0.2) is 0 Å². The Balaban J connectivity index is 2.11. The molecule has 0 aliphatic rings. The Bertz CT molecular complexity index is 489. The second-order valence-electron chi connectivity index (χ2n) is 4.21. The summed E-state index contributed by atoms with van der Waals surface area (Å²) < 4.78 is 1.13. The predicted molar refractivity (Wildman–Crippen MR) is 80.7 cm³/mol. The molecule has 0 saturated heterocycles. The third-order valence-corrected chi connectivity index (χ3v) is 4.11. The van der Waals surface area contributed by atoms with Crippen LogP contribution in [0.4, 0.5) is 0 Å². The first-order chi connectivity index (χ1) is 8.15. The van der Waals surface area contributed by atoms with Crippen LogP contribution in [-0.4, -0.2) is 0 Å². The molecule has 0 spiro atoms. The summed E-state index contributed by atoms with van der Waals surface area (Å²) in [4.78, 5) is 0.378. The molecule has 0 fully saturated rings. The van der Waals surface area contributed by atoms with Gasteiger partial charge in [0.05, 0.1) is 0 Å². The van der Waals surface area contributed by atoms with E-state index in [-0.39, 0.29) is 0 Å². The van der Waals surface area contributed by atoms with Crippen LogP contribution in [0.2, 0.25) is 0 Å². The number of aryl methyl sites for hydroxylation is 1. The molecule has 17 heavy (non-hydrogen) atoms. The van der Waals surface area contributed by atoms with Gasteiger partial charge in [-0.2, -0.15) is 0 Å². The van der Waals surface area contributed by atoms with E-state index in [1.165, 1.54) is 16.7 Å². The first kappa shape index (κ1) is 12.8. The normalized spacial score (nSPS) is 12.4. The van der Waals surface area contributed by atoms with Crippen LogP contribution in [0, 0.1) is 6.92 Å². The van der Waals surface area contributed by atoms with E-state index in [0.717, 1.165) is 10.9 Å². The molecule has 0 aliphatic carbocycles. The van der Waals surface area contributed by atoms with Crippen LogP contribution in [0.3, 0.4) is 0 Å². The van der Waals surface area contributed by atoms with Gasteiger partial charge in [-0.15, -0.1) is 0 Å². The Labute approximate surface area is 119 Å². The summed E-state index contributed by atoms with van der Waals surface area (Å²) in [5, 5.41) is 0. The molecule has 2 rings (SSSR count). The molecule has 0 aliphatic heterocycles. The van der Waals surface area contributed by atoms with Crippen LogP contribution in [0.15, 0.2) is 53.0 Å². The third-order valence-electron chi connectivity index (χ3n) is 2.73. The van der Waals surface area contributed by atoms with E-state index >= 15 is 0 Å². The lowest BCUT2D eigenvalue weighted by atomic mass is 10.0. The van der Waals surface area contributed by atoms with Crippen molar-refractivity contribution in [2.45, 2.75) is 18.2 Å². The average Bonchev–Trinajstić information content (AvgIpc) is 2.32. The van der Waals surface area contributed by atoms with Crippen molar-refractivity contribution in [2.24, 2.45) is 0 Å². The third kappa shape index (κ3) is 3.68. The van der Waals surface area contributed by atoms with Crippen molar-refractivity contribution in [1.82, 2.24) is 0 Å². The monoisotopic (exact) mass is 352 g/mol. The number of alkyl halides is 1. The molecular formula is C15H14Br2. The molecule has 0 amide bonds. The standard InChI is InChI=1S/C15H14Br2/c1-11-3-2-4-13(9-11)15(17)10-12-5-7-14(16)8-6-12/h2-9,15H,10H2,1H3. The van der Waals surface area contributed by atoms with E-state index in [4.69, 9.17) is 0 Å². The van der Waals surface area contributed by atoms with Gasteiger partial charge in [0.2, 0.25) is 0 Å².